The summed E-state index contributed by atoms with van der Waals surface area (Å²) in [7, 11) is 0. The van der Waals surface area contributed by atoms with Gasteiger partial charge in [-0.3, -0.25) is 14.4 Å². The Hall–Kier alpha value is -3.97. The number of likely N-dealkylation sites (tertiary alicyclic amines) is 2. The SMILES string of the molecule is O=C(NC[C@@H]1CCCNC1)[C@H]1CCCN1C(=O)[C@@H]1CCCN1C(=O)CC(c1ccccc1)(c1ccccc1)c1ccccc1. The average molecular weight is 593 g/mol. The second kappa shape index (κ2) is 13.8. The Morgan fingerprint density at radius 3 is 1.80 bits per heavy atom. The molecular formula is C37H44N4O3. The molecule has 6 rings (SSSR count). The fraction of sp³-hybridized carbons (Fsp3) is 0.432. The Bertz CT molecular complexity index is 1310. The Labute approximate surface area is 261 Å². The first-order valence-corrected chi connectivity index (χ1v) is 16.3. The summed E-state index contributed by atoms with van der Waals surface area (Å²) < 4.78 is 0. The molecule has 3 amide bonds. The quantitative estimate of drug-likeness (QED) is 0.359. The first-order chi connectivity index (χ1) is 21.6. The first kappa shape index (κ1) is 30.1. The minimum Gasteiger partial charge on any atom is -0.354 e. The summed E-state index contributed by atoms with van der Waals surface area (Å²) in [5.74, 6) is 0.244. The van der Waals surface area contributed by atoms with E-state index in [9.17, 15) is 14.4 Å². The van der Waals surface area contributed by atoms with Crippen molar-refractivity contribution in [2.45, 2.75) is 62.4 Å². The maximum atomic E-state index is 14.5. The fourth-order valence-electron chi connectivity index (χ4n) is 7.58. The van der Waals surface area contributed by atoms with Crippen LogP contribution in [0.3, 0.4) is 0 Å². The zero-order valence-electron chi connectivity index (χ0n) is 25.5. The van der Waals surface area contributed by atoms with Crippen LogP contribution in [0.15, 0.2) is 91.0 Å². The molecule has 3 saturated heterocycles. The molecule has 0 saturated carbocycles. The summed E-state index contributed by atoms with van der Waals surface area (Å²) >= 11 is 0. The van der Waals surface area contributed by atoms with Gasteiger partial charge in [-0.1, -0.05) is 91.0 Å². The van der Waals surface area contributed by atoms with Crippen LogP contribution in [0.4, 0.5) is 0 Å². The number of nitrogens with zero attached hydrogens (tertiary/aromatic N) is 2. The topological polar surface area (TPSA) is 81.8 Å². The van der Waals surface area contributed by atoms with Crippen molar-refractivity contribution >= 4 is 17.7 Å². The van der Waals surface area contributed by atoms with Crippen LogP contribution in [0.2, 0.25) is 0 Å². The molecule has 3 aliphatic rings. The average Bonchev–Trinajstić information content (AvgIpc) is 3.79. The highest BCUT2D eigenvalue weighted by Crippen LogP contribution is 2.43. The van der Waals surface area contributed by atoms with Crippen molar-refractivity contribution in [3.63, 3.8) is 0 Å². The van der Waals surface area contributed by atoms with E-state index in [1.165, 1.54) is 0 Å². The molecule has 0 aromatic heterocycles. The van der Waals surface area contributed by atoms with Gasteiger partial charge in [0.2, 0.25) is 17.7 Å². The molecule has 3 fully saturated rings. The lowest BCUT2D eigenvalue weighted by molar-refractivity contribution is -0.146. The van der Waals surface area contributed by atoms with Crippen molar-refractivity contribution in [1.82, 2.24) is 20.4 Å². The molecule has 3 aromatic rings. The van der Waals surface area contributed by atoms with Gasteiger partial charge >= 0.3 is 0 Å². The van der Waals surface area contributed by atoms with Crippen LogP contribution in [-0.2, 0) is 19.8 Å². The number of rotatable bonds is 9. The van der Waals surface area contributed by atoms with Gasteiger partial charge in [0.05, 0.1) is 5.41 Å². The summed E-state index contributed by atoms with van der Waals surface area (Å²) in [6.45, 7) is 3.70. The Morgan fingerprint density at radius 2 is 1.25 bits per heavy atom. The van der Waals surface area contributed by atoms with E-state index in [1.807, 2.05) is 54.6 Å². The van der Waals surface area contributed by atoms with Crippen LogP contribution in [0, 0.1) is 5.92 Å². The number of piperidine rings is 1. The van der Waals surface area contributed by atoms with Crippen molar-refractivity contribution in [3.8, 4) is 0 Å². The van der Waals surface area contributed by atoms with Crippen LogP contribution < -0.4 is 10.6 Å². The van der Waals surface area contributed by atoms with Crippen LogP contribution in [-0.4, -0.2) is 72.3 Å². The van der Waals surface area contributed by atoms with Crippen LogP contribution >= 0.6 is 0 Å². The molecule has 230 valence electrons. The summed E-state index contributed by atoms with van der Waals surface area (Å²) in [5, 5.41) is 6.54. The lowest BCUT2D eigenvalue weighted by atomic mass is 9.67. The van der Waals surface area contributed by atoms with Crippen molar-refractivity contribution in [2.24, 2.45) is 5.92 Å². The molecule has 0 bridgehead atoms. The van der Waals surface area contributed by atoms with Crippen LogP contribution in [0.25, 0.3) is 0 Å². The highest BCUT2D eigenvalue weighted by atomic mass is 16.2. The van der Waals surface area contributed by atoms with Crippen LogP contribution in [0.1, 0.15) is 61.6 Å². The van der Waals surface area contributed by atoms with Crippen LogP contribution in [0.5, 0.6) is 0 Å². The third-order valence-corrected chi connectivity index (χ3v) is 9.88. The van der Waals surface area contributed by atoms with Gasteiger partial charge in [-0.2, -0.15) is 0 Å². The molecule has 44 heavy (non-hydrogen) atoms. The number of carbonyl (C=O) groups excluding carboxylic acids is 3. The monoisotopic (exact) mass is 592 g/mol. The van der Waals surface area contributed by atoms with Crippen molar-refractivity contribution in [3.05, 3.63) is 108 Å². The molecule has 7 heteroatoms. The molecule has 7 nitrogen and oxygen atoms in total. The smallest absolute Gasteiger partial charge is 0.246 e. The van der Waals surface area contributed by atoms with E-state index in [4.69, 9.17) is 0 Å². The number of hydrogen-bond acceptors (Lipinski definition) is 4. The van der Waals surface area contributed by atoms with E-state index in [1.54, 1.807) is 9.80 Å². The maximum absolute atomic E-state index is 14.5. The largest absolute Gasteiger partial charge is 0.354 e. The molecule has 0 unspecified atom stereocenters. The highest BCUT2D eigenvalue weighted by molar-refractivity contribution is 5.93. The molecule has 0 spiro atoms. The van der Waals surface area contributed by atoms with Gasteiger partial charge in [-0.15, -0.1) is 0 Å². The van der Waals surface area contributed by atoms with Gasteiger partial charge in [0.15, 0.2) is 0 Å². The predicted molar refractivity (Wildman–Crippen MR) is 172 cm³/mol. The molecule has 3 heterocycles. The molecule has 2 N–H and O–H groups in total. The van der Waals surface area contributed by atoms with Gasteiger partial charge in [0.1, 0.15) is 12.1 Å². The molecule has 3 atom stereocenters. The van der Waals surface area contributed by atoms with Gasteiger partial charge < -0.3 is 20.4 Å². The molecular weight excluding hydrogens is 548 g/mol. The minimum atomic E-state index is -0.721. The molecule has 0 radical (unpaired) electrons. The summed E-state index contributed by atoms with van der Waals surface area (Å²) in [5.41, 5.74) is 2.40. The van der Waals surface area contributed by atoms with E-state index in [0.717, 1.165) is 55.5 Å². The number of carbonyl (C=O) groups is 3. The first-order valence-electron chi connectivity index (χ1n) is 16.3. The number of nitrogens with one attached hydrogen (secondary N) is 2. The van der Waals surface area contributed by atoms with E-state index in [-0.39, 0.29) is 24.1 Å². The summed E-state index contributed by atoms with van der Waals surface area (Å²) in [6.07, 6.45) is 5.30. The van der Waals surface area contributed by atoms with Crippen molar-refractivity contribution in [1.29, 1.82) is 0 Å². The molecule has 3 aromatic carbocycles. The third kappa shape index (κ3) is 6.16. The van der Waals surface area contributed by atoms with Crippen molar-refractivity contribution in [2.75, 3.05) is 32.7 Å². The lowest BCUT2D eigenvalue weighted by Crippen LogP contribution is -2.54. The van der Waals surface area contributed by atoms with E-state index >= 15 is 0 Å². The van der Waals surface area contributed by atoms with Gasteiger partial charge in [-0.25, -0.2) is 0 Å². The number of amides is 3. The van der Waals surface area contributed by atoms with Gasteiger partial charge in [0, 0.05) is 26.1 Å². The fourth-order valence-corrected chi connectivity index (χ4v) is 7.58. The second-order valence-corrected chi connectivity index (χ2v) is 12.6. The van der Waals surface area contributed by atoms with E-state index in [2.05, 4.69) is 47.0 Å². The lowest BCUT2D eigenvalue weighted by Gasteiger charge is -2.38. The van der Waals surface area contributed by atoms with Gasteiger partial charge in [0.25, 0.3) is 0 Å². The zero-order chi connectivity index (χ0) is 30.4. The minimum absolute atomic E-state index is 0.0394. The van der Waals surface area contributed by atoms with Crippen molar-refractivity contribution < 1.29 is 14.4 Å². The zero-order valence-corrected chi connectivity index (χ0v) is 25.5. The summed E-state index contributed by atoms with van der Waals surface area (Å²) in [4.78, 5) is 45.4. The third-order valence-electron chi connectivity index (χ3n) is 9.88. The predicted octanol–water partition coefficient (Wildman–Crippen LogP) is 4.51. The Kier molecular flexibility index (Phi) is 9.41. The normalized spacial score (nSPS) is 22.1. The van der Waals surface area contributed by atoms with Gasteiger partial charge in [-0.05, 0) is 74.2 Å². The number of hydrogen-bond donors (Lipinski definition) is 2. The Morgan fingerprint density at radius 1 is 0.705 bits per heavy atom. The second-order valence-electron chi connectivity index (χ2n) is 12.6. The molecule has 3 aliphatic heterocycles. The highest BCUT2D eigenvalue weighted by Gasteiger charge is 2.45. The Balaban J connectivity index is 1.24. The summed E-state index contributed by atoms with van der Waals surface area (Å²) in [6, 6.07) is 29.7. The number of benzene rings is 3. The molecule has 0 aliphatic carbocycles. The standard InChI is InChI=1S/C37H44N4O3/c42-34(25-37(29-14-4-1-5-15-29,30-16-6-2-7-17-30)31-18-8-3-9-19-31)40-23-12-21-33(40)36(44)41-24-11-20-32(41)35(43)39-27-28-13-10-22-38-26-28/h1-9,14-19,28,32-33,38H,10-13,20-27H2,(H,39,43)/t28-,32-,33+/m1/s1. The van der Waals surface area contributed by atoms with E-state index < -0.39 is 17.5 Å². The maximum Gasteiger partial charge on any atom is 0.246 e. The van der Waals surface area contributed by atoms with E-state index in [0.29, 0.717) is 38.4 Å².